The molecule has 2 amide bonds. The second kappa shape index (κ2) is 10.7. The van der Waals surface area contributed by atoms with Crippen molar-refractivity contribution in [2.45, 2.75) is 32.7 Å². The minimum absolute atomic E-state index is 0.161. The number of hydrogen-bond donors (Lipinski definition) is 2. The first kappa shape index (κ1) is 21.0. The quantitative estimate of drug-likeness (QED) is 0.515. The van der Waals surface area contributed by atoms with E-state index in [0.717, 1.165) is 24.0 Å². The van der Waals surface area contributed by atoms with E-state index >= 15 is 0 Å². The first-order valence-electron chi connectivity index (χ1n) is 9.31. The summed E-state index contributed by atoms with van der Waals surface area (Å²) >= 11 is 0. The molecule has 2 aromatic carbocycles. The maximum atomic E-state index is 12.0. The molecule has 2 N–H and O–H groups in total. The van der Waals surface area contributed by atoms with Crippen molar-refractivity contribution in [2.75, 3.05) is 13.2 Å². The maximum absolute atomic E-state index is 12.0. The summed E-state index contributed by atoms with van der Waals surface area (Å²) in [6, 6.07) is 14.1. The molecule has 2 aromatic rings. The Morgan fingerprint density at radius 1 is 1.07 bits per heavy atom. The number of amides is 2. The van der Waals surface area contributed by atoms with E-state index < -0.39 is 6.04 Å². The fourth-order valence-corrected chi connectivity index (χ4v) is 2.51. The zero-order chi connectivity index (χ0) is 20.4. The van der Waals surface area contributed by atoms with E-state index in [1.807, 2.05) is 31.2 Å². The second-order valence-corrected chi connectivity index (χ2v) is 6.41. The number of unbranched alkanes of at least 4 members (excludes halogenated alkanes) is 1. The molecule has 28 heavy (non-hydrogen) atoms. The molecule has 0 spiro atoms. The highest BCUT2D eigenvalue weighted by atomic mass is 16.5. The maximum Gasteiger partial charge on any atom is 0.258 e. The predicted octanol–water partition coefficient (Wildman–Crippen LogP) is 3.70. The lowest BCUT2D eigenvalue weighted by Crippen LogP contribution is -2.46. The average molecular weight is 379 g/mol. The highest BCUT2D eigenvalue weighted by Gasteiger charge is 2.15. The van der Waals surface area contributed by atoms with E-state index in [-0.39, 0.29) is 18.4 Å². The molecule has 0 aromatic heterocycles. The van der Waals surface area contributed by atoms with Gasteiger partial charge in [0.15, 0.2) is 12.3 Å². The van der Waals surface area contributed by atoms with Gasteiger partial charge in [-0.05, 0) is 36.6 Å². The third-order valence-corrected chi connectivity index (χ3v) is 4.15. The van der Waals surface area contributed by atoms with Crippen molar-refractivity contribution >= 4 is 17.5 Å². The zero-order valence-electron chi connectivity index (χ0n) is 16.2. The Balaban J connectivity index is 1.81. The highest BCUT2D eigenvalue weighted by Crippen LogP contribution is 2.24. The molecule has 0 fully saturated rings. The third-order valence-electron chi connectivity index (χ3n) is 4.15. The number of ether oxygens (including phenoxy) is 1. The third kappa shape index (κ3) is 6.44. The molecular formula is C22H25N3O3. The molecule has 0 aliphatic rings. The van der Waals surface area contributed by atoms with Crippen LogP contribution in [0.15, 0.2) is 48.5 Å². The first-order valence-corrected chi connectivity index (χ1v) is 9.31. The van der Waals surface area contributed by atoms with Crippen molar-refractivity contribution in [3.63, 3.8) is 0 Å². The van der Waals surface area contributed by atoms with Crippen LogP contribution in [0.4, 0.5) is 5.69 Å². The smallest absolute Gasteiger partial charge is 0.258 e. The topological polar surface area (TPSA) is 71.8 Å². The number of carbonyl (C=O) groups is 2. The molecule has 2 rings (SSSR count). The molecule has 1 unspecified atom stereocenters. The van der Waals surface area contributed by atoms with Crippen molar-refractivity contribution in [3.8, 4) is 16.9 Å². The summed E-state index contributed by atoms with van der Waals surface area (Å²) in [6.45, 7) is 11.1. The van der Waals surface area contributed by atoms with E-state index in [9.17, 15) is 9.59 Å². The molecule has 0 radical (unpaired) electrons. The summed E-state index contributed by atoms with van der Waals surface area (Å²) in [5.74, 6) is 0.0177. The first-order chi connectivity index (χ1) is 13.5. The lowest BCUT2D eigenvalue weighted by molar-refractivity contribution is -0.129. The lowest BCUT2D eigenvalue weighted by atomic mass is 10.1. The van der Waals surface area contributed by atoms with Crippen LogP contribution in [0.3, 0.4) is 0 Å². The van der Waals surface area contributed by atoms with Crippen LogP contribution >= 0.6 is 0 Å². The Bertz CT molecular complexity index is 824. The van der Waals surface area contributed by atoms with E-state index in [1.165, 1.54) is 0 Å². The standard InChI is InChI=1S/C22H25N3O3/c1-4-5-14-24-22(27)16(2)25-21(26)15-28-20-12-8-18(9-13-20)17-6-10-19(23-3)11-7-17/h6-13,16H,4-5,14-15H2,1-2H3,(H,24,27)(H,25,26). The van der Waals surface area contributed by atoms with Gasteiger partial charge in [-0.2, -0.15) is 0 Å². The summed E-state index contributed by atoms with van der Waals surface area (Å²) in [7, 11) is 0. The second-order valence-electron chi connectivity index (χ2n) is 6.41. The fourth-order valence-electron chi connectivity index (χ4n) is 2.51. The van der Waals surface area contributed by atoms with Gasteiger partial charge in [0.25, 0.3) is 5.91 Å². The molecule has 0 saturated carbocycles. The molecular weight excluding hydrogens is 354 g/mol. The molecule has 0 aliphatic heterocycles. The molecule has 6 nitrogen and oxygen atoms in total. The van der Waals surface area contributed by atoms with E-state index in [0.29, 0.717) is 18.0 Å². The molecule has 6 heteroatoms. The number of hydrogen-bond acceptors (Lipinski definition) is 3. The number of nitrogens with zero attached hydrogens (tertiary/aromatic N) is 1. The fraction of sp³-hybridized carbons (Fsp3) is 0.318. The Labute approximate surface area is 165 Å². The van der Waals surface area contributed by atoms with E-state index in [2.05, 4.69) is 15.5 Å². The van der Waals surface area contributed by atoms with Gasteiger partial charge in [-0.3, -0.25) is 9.59 Å². The molecule has 1 atom stereocenters. The van der Waals surface area contributed by atoms with Gasteiger partial charge in [0, 0.05) is 6.54 Å². The van der Waals surface area contributed by atoms with Gasteiger partial charge >= 0.3 is 0 Å². The lowest BCUT2D eigenvalue weighted by Gasteiger charge is -2.14. The van der Waals surface area contributed by atoms with Gasteiger partial charge in [-0.15, -0.1) is 0 Å². The number of nitrogens with one attached hydrogen (secondary N) is 2. The van der Waals surface area contributed by atoms with Crippen molar-refractivity contribution in [1.82, 2.24) is 10.6 Å². The molecule has 146 valence electrons. The van der Waals surface area contributed by atoms with Crippen molar-refractivity contribution in [1.29, 1.82) is 0 Å². The molecule has 0 heterocycles. The summed E-state index contributed by atoms with van der Waals surface area (Å²) in [5.41, 5.74) is 2.59. The van der Waals surface area contributed by atoms with E-state index in [4.69, 9.17) is 11.3 Å². The molecule has 0 saturated heterocycles. The van der Waals surface area contributed by atoms with Gasteiger partial charge < -0.3 is 15.4 Å². The largest absolute Gasteiger partial charge is 0.484 e. The Morgan fingerprint density at radius 2 is 1.68 bits per heavy atom. The summed E-state index contributed by atoms with van der Waals surface area (Å²) < 4.78 is 5.49. The van der Waals surface area contributed by atoms with Crippen LogP contribution in [0.2, 0.25) is 0 Å². The molecule has 0 bridgehead atoms. The monoisotopic (exact) mass is 379 g/mol. The van der Waals surface area contributed by atoms with Gasteiger partial charge in [0.2, 0.25) is 5.91 Å². The van der Waals surface area contributed by atoms with Crippen LogP contribution in [0.25, 0.3) is 16.0 Å². The minimum Gasteiger partial charge on any atom is -0.484 e. The van der Waals surface area contributed by atoms with Gasteiger partial charge in [0.05, 0.1) is 6.57 Å². The van der Waals surface area contributed by atoms with Crippen LogP contribution in [-0.4, -0.2) is 31.0 Å². The summed E-state index contributed by atoms with van der Waals surface area (Å²) in [4.78, 5) is 27.2. The number of rotatable bonds is 9. The SMILES string of the molecule is [C-]#[N+]c1ccc(-c2ccc(OCC(=O)NC(C)C(=O)NCCCC)cc2)cc1. The number of benzene rings is 2. The average Bonchev–Trinajstić information content (AvgIpc) is 2.72. The summed E-state index contributed by atoms with van der Waals surface area (Å²) in [5, 5.41) is 5.41. The van der Waals surface area contributed by atoms with Gasteiger partial charge in [-0.1, -0.05) is 49.7 Å². The molecule has 0 aliphatic carbocycles. The number of carbonyl (C=O) groups excluding carboxylic acids is 2. The summed E-state index contributed by atoms with van der Waals surface area (Å²) in [6.07, 6.45) is 1.91. The predicted molar refractivity (Wildman–Crippen MR) is 109 cm³/mol. The van der Waals surface area contributed by atoms with Crippen molar-refractivity contribution in [2.24, 2.45) is 0 Å². The minimum atomic E-state index is -0.603. The van der Waals surface area contributed by atoms with Crippen LogP contribution < -0.4 is 15.4 Å². The van der Waals surface area contributed by atoms with Gasteiger partial charge in [-0.25, -0.2) is 4.85 Å². The van der Waals surface area contributed by atoms with E-state index in [1.54, 1.807) is 31.2 Å². The Kier molecular flexibility index (Phi) is 8.04. The van der Waals surface area contributed by atoms with Crippen LogP contribution in [-0.2, 0) is 9.59 Å². The van der Waals surface area contributed by atoms with Crippen molar-refractivity contribution in [3.05, 3.63) is 59.9 Å². The normalized spacial score (nSPS) is 11.2. The van der Waals surface area contributed by atoms with Crippen LogP contribution in [0, 0.1) is 6.57 Å². The van der Waals surface area contributed by atoms with Crippen molar-refractivity contribution < 1.29 is 14.3 Å². The Hall–Kier alpha value is -3.33. The van der Waals surface area contributed by atoms with Crippen LogP contribution in [0.5, 0.6) is 5.75 Å². The zero-order valence-corrected chi connectivity index (χ0v) is 16.2. The highest BCUT2D eigenvalue weighted by molar-refractivity contribution is 5.87. The van der Waals surface area contributed by atoms with Crippen LogP contribution in [0.1, 0.15) is 26.7 Å². The van der Waals surface area contributed by atoms with Gasteiger partial charge in [0.1, 0.15) is 11.8 Å². The Morgan fingerprint density at radius 3 is 2.25 bits per heavy atom.